The maximum atomic E-state index is 13.3. The van der Waals surface area contributed by atoms with Crippen LogP contribution in [0.4, 0.5) is 5.69 Å². The second-order valence-corrected chi connectivity index (χ2v) is 8.42. The largest absolute Gasteiger partial charge is 0.465 e. The Kier molecular flexibility index (Phi) is 6.20. The maximum absolute atomic E-state index is 13.3. The summed E-state index contributed by atoms with van der Waals surface area (Å²) >= 11 is 0. The Hall–Kier alpha value is -2.90. The van der Waals surface area contributed by atoms with Crippen molar-refractivity contribution in [2.24, 2.45) is 0 Å². The summed E-state index contributed by atoms with van der Waals surface area (Å²) in [6, 6.07) is 18.2. The van der Waals surface area contributed by atoms with Gasteiger partial charge in [-0.05, 0) is 24.6 Å². The van der Waals surface area contributed by atoms with E-state index in [-0.39, 0.29) is 11.5 Å². The summed E-state index contributed by atoms with van der Waals surface area (Å²) in [4.78, 5) is 14.5. The normalized spacial score (nSPS) is 12.5. The summed E-state index contributed by atoms with van der Waals surface area (Å²) in [5.41, 5.74) is 1.42. The molecule has 0 aliphatic rings. The van der Waals surface area contributed by atoms with Crippen molar-refractivity contribution in [2.45, 2.75) is 17.9 Å². The number of fused-ring (bicyclic) bond motifs is 1. The molecule has 0 saturated heterocycles. The van der Waals surface area contributed by atoms with Crippen molar-refractivity contribution in [3.8, 4) is 0 Å². The lowest BCUT2D eigenvalue weighted by atomic mass is 10.1. The molecule has 29 heavy (non-hydrogen) atoms. The van der Waals surface area contributed by atoms with Gasteiger partial charge in [-0.1, -0.05) is 54.6 Å². The molecule has 0 unspecified atom stereocenters. The van der Waals surface area contributed by atoms with Gasteiger partial charge in [-0.2, -0.15) is 4.72 Å². The highest BCUT2D eigenvalue weighted by molar-refractivity contribution is 7.89. The van der Waals surface area contributed by atoms with Crippen LogP contribution in [0.15, 0.2) is 71.6 Å². The quantitative estimate of drug-likeness (QED) is 0.601. The van der Waals surface area contributed by atoms with Gasteiger partial charge in [0.1, 0.15) is 6.04 Å². The van der Waals surface area contributed by atoms with E-state index in [1.54, 1.807) is 49.4 Å². The summed E-state index contributed by atoms with van der Waals surface area (Å²) < 4.78 is 34.2. The van der Waals surface area contributed by atoms with Crippen LogP contribution in [0.5, 0.6) is 0 Å². The first kappa shape index (κ1) is 20.8. The highest BCUT2D eigenvalue weighted by Gasteiger charge is 2.29. The van der Waals surface area contributed by atoms with E-state index in [1.165, 1.54) is 6.07 Å². The Morgan fingerprint density at radius 2 is 1.62 bits per heavy atom. The molecule has 1 atom stereocenters. The molecule has 0 spiro atoms. The summed E-state index contributed by atoms with van der Waals surface area (Å²) in [6.07, 6.45) is 0. The molecule has 7 heteroatoms. The summed E-state index contributed by atoms with van der Waals surface area (Å²) in [5, 5.41) is 1.40. The van der Waals surface area contributed by atoms with Crippen LogP contribution in [-0.2, 0) is 19.6 Å². The van der Waals surface area contributed by atoms with E-state index < -0.39 is 22.0 Å². The number of sulfonamides is 1. The van der Waals surface area contributed by atoms with Crippen molar-refractivity contribution in [3.63, 3.8) is 0 Å². The highest BCUT2D eigenvalue weighted by Crippen LogP contribution is 2.31. The van der Waals surface area contributed by atoms with Crippen molar-refractivity contribution < 1.29 is 17.9 Å². The molecule has 0 saturated carbocycles. The molecule has 3 rings (SSSR count). The van der Waals surface area contributed by atoms with Crippen LogP contribution < -0.4 is 9.62 Å². The van der Waals surface area contributed by atoms with E-state index in [0.717, 1.165) is 11.1 Å². The Balaban J connectivity index is 2.08. The number of ether oxygens (including phenoxy) is 1. The van der Waals surface area contributed by atoms with Crippen LogP contribution >= 0.6 is 0 Å². The molecule has 0 fully saturated rings. The van der Waals surface area contributed by atoms with E-state index in [0.29, 0.717) is 10.9 Å². The number of hydrogen-bond donors (Lipinski definition) is 1. The van der Waals surface area contributed by atoms with Gasteiger partial charge < -0.3 is 9.64 Å². The first-order valence-corrected chi connectivity index (χ1v) is 10.8. The molecule has 0 aromatic heterocycles. The van der Waals surface area contributed by atoms with E-state index >= 15 is 0 Å². The fourth-order valence-corrected chi connectivity index (χ4v) is 4.63. The fraction of sp³-hybridized carbons (Fsp3) is 0.227. The molecule has 0 heterocycles. The van der Waals surface area contributed by atoms with E-state index in [9.17, 15) is 13.2 Å². The topological polar surface area (TPSA) is 75.7 Å². The van der Waals surface area contributed by atoms with Crippen molar-refractivity contribution in [3.05, 3.63) is 72.3 Å². The number of nitrogens with zero attached hydrogens (tertiary/aromatic N) is 1. The minimum absolute atomic E-state index is 0.115. The minimum Gasteiger partial charge on any atom is -0.465 e. The monoisotopic (exact) mass is 412 g/mol. The number of hydrogen-bond acceptors (Lipinski definition) is 5. The van der Waals surface area contributed by atoms with Crippen molar-refractivity contribution in [1.29, 1.82) is 0 Å². The number of nitrogens with one attached hydrogen (secondary N) is 1. The standard InChI is InChI=1S/C22H24N2O4S/c1-4-28-22(25)21(16-10-6-5-7-11-16)23-29(26,27)20-15-9-12-17-18(20)13-8-14-19(17)24(2)3/h5-15,21,23H,4H2,1-3H3/t21-/m1/s1. The second kappa shape index (κ2) is 8.63. The predicted octanol–water partition coefficient (Wildman–Crippen LogP) is 3.49. The molecule has 0 aliphatic heterocycles. The Labute approximate surface area is 171 Å². The number of carbonyl (C=O) groups is 1. The maximum Gasteiger partial charge on any atom is 0.328 e. The van der Waals surface area contributed by atoms with Gasteiger partial charge in [0.15, 0.2) is 0 Å². The van der Waals surface area contributed by atoms with Crippen molar-refractivity contribution in [2.75, 3.05) is 25.6 Å². The Morgan fingerprint density at radius 1 is 0.966 bits per heavy atom. The van der Waals surface area contributed by atoms with Gasteiger partial charge >= 0.3 is 5.97 Å². The lowest BCUT2D eigenvalue weighted by Gasteiger charge is -2.20. The van der Waals surface area contributed by atoms with Gasteiger partial charge in [-0.15, -0.1) is 0 Å². The number of benzene rings is 3. The third-order valence-corrected chi connectivity index (χ3v) is 6.04. The average Bonchev–Trinajstić information content (AvgIpc) is 2.71. The van der Waals surface area contributed by atoms with Crippen LogP contribution in [0.3, 0.4) is 0 Å². The highest BCUT2D eigenvalue weighted by atomic mass is 32.2. The average molecular weight is 413 g/mol. The van der Waals surface area contributed by atoms with E-state index in [4.69, 9.17) is 4.74 Å². The molecule has 152 valence electrons. The van der Waals surface area contributed by atoms with Crippen molar-refractivity contribution >= 4 is 32.5 Å². The summed E-state index contributed by atoms with van der Waals surface area (Å²) in [7, 11) is -0.203. The van der Waals surface area contributed by atoms with Crippen LogP contribution in [-0.4, -0.2) is 35.1 Å². The first-order valence-electron chi connectivity index (χ1n) is 9.28. The Morgan fingerprint density at radius 3 is 2.28 bits per heavy atom. The summed E-state index contributed by atoms with van der Waals surface area (Å²) in [6.45, 7) is 1.84. The molecule has 0 bridgehead atoms. The third kappa shape index (κ3) is 4.41. The first-order chi connectivity index (χ1) is 13.8. The second-order valence-electron chi connectivity index (χ2n) is 6.74. The molecular weight excluding hydrogens is 388 g/mol. The van der Waals surface area contributed by atoms with Gasteiger partial charge in [-0.25, -0.2) is 13.2 Å². The molecule has 6 nitrogen and oxygen atoms in total. The predicted molar refractivity (Wildman–Crippen MR) is 114 cm³/mol. The lowest BCUT2D eigenvalue weighted by molar-refractivity contribution is -0.145. The van der Waals surface area contributed by atoms with Crippen LogP contribution in [0.1, 0.15) is 18.5 Å². The molecule has 0 aliphatic carbocycles. The number of esters is 1. The molecular formula is C22H24N2O4S. The smallest absolute Gasteiger partial charge is 0.328 e. The van der Waals surface area contributed by atoms with Gasteiger partial charge in [0.05, 0.1) is 11.5 Å². The van der Waals surface area contributed by atoms with E-state index in [2.05, 4.69) is 4.72 Å². The molecule has 3 aromatic carbocycles. The third-order valence-electron chi connectivity index (χ3n) is 4.56. The Bertz CT molecular complexity index is 1110. The van der Waals surface area contributed by atoms with Crippen LogP contribution in [0.2, 0.25) is 0 Å². The van der Waals surface area contributed by atoms with Crippen LogP contribution in [0, 0.1) is 0 Å². The molecule has 1 N–H and O–H groups in total. The summed E-state index contributed by atoms with van der Waals surface area (Å²) in [5.74, 6) is -0.642. The van der Waals surface area contributed by atoms with Gasteiger partial charge in [-0.3, -0.25) is 0 Å². The SMILES string of the molecule is CCOC(=O)[C@H](NS(=O)(=O)c1cccc2c(N(C)C)cccc12)c1ccccc1. The molecule has 0 radical (unpaired) electrons. The molecule has 3 aromatic rings. The zero-order valence-corrected chi connectivity index (χ0v) is 17.4. The fourth-order valence-electron chi connectivity index (χ4n) is 3.23. The number of rotatable bonds is 7. The van der Waals surface area contributed by atoms with Gasteiger partial charge in [0, 0.05) is 30.6 Å². The lowest BCUT2D eigenvalue weighted by Crippen LogP contribution is -2.35. The molecule has 0 amide bonds. The number of anilines is 1. The zero-order chi connectivity index (χ0) is 21.0. The van der Waals surface area contributed by atoms with E-state index in [1.807, 2.05) is 37.2 Å². The van der Waals surface area contributed by atoms with Crippen LogP contribution in [0.25, 0.3) is 10.8 Å². The van der Waals surface area contributed by atoms with Gasteiger partial charge in [0.25, 0.3) is 0 Å². The van der Waals surface area contributed by atoms with Crippen molar-refractivity contribution in [1.82, 2.24) is 4.72 Å². The van der Waals surface area contributed by atoms with Gasteiger partial charge in [0.2, 0.25) is 10.0 Å². The number of carbonyl (C=O) groups excluding carboxylic acids is 1. The zero-order valence-electron chi connectivity index (χ0n) is 16.6. The minimum atomic E-state index is -4.01.